The molecule has 0 amide bonds. The van der Waals surface area contributed by atoms with Crippen LogP contribution in [0.3, 0.4) is 0 Å². The number of piperazine rings is 1. The van der Waals surface area contributed by atoms with Crippen molar-refractivity contribution in [3.05, 3.63) is 30.1 Å². The smallest absolute Gasteiger partial charge is 0.214 e. The summed E-state index contributed by atoms with van der Waals surface area (Å²) in [6.45, 7) is 3.72. The molecule has 2 aromatic rings. The lowest BCUT2D eigenvalue weighted by molar-refractivity contribution is 0.291. The van der Waals surface area contributed by atoms with Crippen LogP contribution in [0, 0.1) is 12.9 Å². The van der Waals surface area contributed by atoms with Gasteiger partial charge in [0.2, 0.25) is 11.1 Å². The number of piperidine rings is 1. The van der Waals surface area contributed by atoms with E-state index in [1.807, 2.05) is 13.0 Å². The Labute approximate surface area is 120 Å². The Morgan fingerprint density at radius 1 is 1.35 bits per heavy atom. The van der Waals surface area contributed by atoms with E-state index < -0.39 is 5.95 Å². The van der Waals surface area contributed by atoms with Crippen molar-refractivity contribution in [1.82, 2.24) is 14.3 Å². The SMILES string of the molecule is Cc1nsc(N2C3CC2CN(c2ccnc(F)c2)C3)n1. The summed E-state index contributed by atoms with van der Waals surface area (Å²) in [5.74, 6) is 0.418. The number of aryl methyl sites for hydroxylation is 1. The number of fused-ring (bicyclic) bond motifs is 2. The van der Waals surface area contributed by atoms with E-state index >= 15 is 0 Å². The van der Waals surface area contributed by atoms with Crippen molar-refractivity contribution < 1.29 is 4.39 Å². The zero-order chi connectivity index (χ0) is 13.7. The van der Waals surface area contributed by atoms with Crippen LogP contribution in [0.2, 0.25) is 0 Å². The lowest BCUT2D eigenvalue weighted by Crippen LogP contribution is -2.69. The molecule has 0 saturated carbocycles. The fourth-order valence-corrected chi connectivity index (χ4v) is 3.93. The van der Waals surface area contributed by atoms with Gasteiger partial charge in [0, 0.05) is 42.6 Å². The van der Waals surface area contributed by atoms with Gasteiger partial charge in [-0.05, 0) is 19.4 Å². The van der Waals surface area contributed by atoms with Gasteiger partial charge in [-0.1, -0.05) is 0 Å². The van der Waals surface area contributed by atoms with E-state index in [4.69, 9.17) is 0 Å². The first-order valence-corrected chi connectivity index (χ1v) is 7.43. The second-order valence-corrected chi connectivity index (χ2v) is 6.05. The molecule has 104 valence electrons. The summed E-state index contributed by atoms with van der Waals surface area (Å²) in [7, 11) is 0. The standard InChI is InChI=1S/C13H14FN5S/c1-8-16-13(20-17-8)19-10-4-11(19)7-18(6-10)9-2-3-15-12(14)5-9/h2-3,5,10-11H,4,6-7H2,1H3. The van der Waals surface area contributed by atoms with E-state index in [9.17, 15) is 4.39 Å². The van der Waals surface area contributed by atoms with E-state index in [0.29, 0.717) is 12.1 Å². The number of nitrogens with zero attached hydrogens (tertiary/aromatic N) is 5. The molecule has 7 heteroatoms. The van der Waals surface area contributed by atoms with Gasteiger partial charge in [-0.3, -0.25) is 0 Å². The van der Waals surface area contributed by atoms with Crippen LogP contribution in [0.1, 0.15) is 12.2 Å². The number of aromatic nitrogens is 3. The molecule has 0 aliphatic carbocycles. The highest BCUT2D eigenvalue weighted by atomic mass is 32.1. The molecule has 2 unspecified atom stereocenters. The van der Waals surface area contributed by atoms with Gasteiger partial charge in [-0.25, -0.2) is 9.97 Å². The minimum atomic E-state index is -0.418. The molecule has 2 bridgehead atoms. The highest BCUT2D eigenvalue weighted by Crippen LogP contribution is 2.39. The molecule has 20 heavy (non-hydrogen) atoms. The maximum atomic E-state index is 13.2. The number of hydrogen-bond acceptors (Lipinski definition) is 6. The summed E-state index contributed by atoms with van der Waals surface area (Å²) in [5, 5.41) is 1.02. The van der Waals surface area contributed by atoms with E-state index in [2.05, 4.69) is 24.1 Å². The van der Waals surface area contributed by atoms with Gasteiger partial charge >= 0.3 is 0 Å². The Kier molecular flexibility index (Phi) is 2.63. The molecule has 3 saturated heterocycles. The van der Waals surface area contributed by atoms with Gasteiger partial charge in [-0.2, -0.15) is 8.76 Å². The third kappa shape index (κ3) is 1.84. The fourth-order valence-electron chi connectivity index (χ4n) is 3.11. The Morgan fingerprint density at radius 2 is 2.15 bits per heavy atom. The van der Waals surface area contributed by atoms with Crippen molar-refractivity contribution in [2.75, 3.05) is 22.9 Å². The highest BCUT2D eigenvalue weighted by molar-refractivity contribution is 7.09. The van der Waals surface area contributed by atoms with Crippen LogP contribution in [0.5, 0.6) is 0 Å². The van der Waals surface area contributed by atoms with E-state index in [1.54, 1.807) is 0 Å². The molecule has 5 nitrogen and oxygen atoms in total. The van der Waals surface area contributed by atoms with Crippen LogP contribution in [-0.2, 0) is 0 Å². The van der Waals surface area contributed by atoms with Gasteiger partial charge in [0.25, 0.3) is 0 Å². The van der Waals surface area contributed by atoms with Crippen LogP contribution < -0.4 is 9.80 Å². The topological polar surface area (TPSA) is 45.2 Å². The first-order chi connectivity index (χ1) is 9.70. The van der Waals surface area contributed by atoms with Gasteiger partial charge in [-0.15, -0.1) is 0 Å². The summed E-state index contributed by atoms with van der Waals surface area (Å²) < 4.78 is 17.5. The van der Waals surface area contributed by atoms with Crippen LogP contribution in [0.15, 0.2) is 18.3 Å². The zero-order valence-corrected chi connectivity index (χ0v) is 11.8. The number of halogens is 1. The summed E-state index contributed by atoms with van der Waals surface area (Å²) in [5.41, 5.74) is 0.917. The third-order valence-electron chi connectivity index (χ3n) is 4.01. The van der Waals surface area contributed by atoms with Crippen molar-refractivity contribution in [3.8, 4) is 0 Å². The van der Waals surface area contributed by atoms with Gasteiger partial charge in [0.1, 0.15) is 5.82 Å². The molecule has 5 rings (SSSR count). The normalized spacial score (nSPS) is 24.7. The lowest BCUT2D eigenvalue weighted by atomic mass is 9.88. The maximum absolute atomic E-state index is 13.2. The number of rotatable bonds is 2. The average Bonchev–Trinajstić information content (AvgIpc) is 2.85. The highest BCUT2D eigenvalue weighted by Gasteiger charge is 2.46. The third-order valence-corrected chi connectivity index (χ3v) is 4.83. The predicted molar refractivity (Wildman–Crippen MR) is 75.7 cm³/mol. The molecule has 3 fully saturated rings. The van der Waals surface area contributed by atoms with Gasteiger partial charge in [0.05, 0.1) is 12.1 Å². The summed E-state index contributed by atoms with van der Waals surface area (Å²) in [6.07, 6.45) is 2.71. The first-order valence-electron chi connectivity index (χ1n) is 6.66. The second kappa shape index (κ2) is 4.37. The van der Waals surface area contributed by atoms with Crippen molar-refractivity contribution in [1.29, 1.82) is 0 Å². The summed E-state index contributed by atoms with van der Waals surface area (Å²) >= 11 is 1.47. The molecule has 3 aliphatic heterocycles. The van der Waals surface area contributed by atoms with Crippen molar-refractivity contribution >= 4 is 22.4 Å². The first kappa shape index (κ1) is 12.0. The molecule has 0 aromatic carbocycles. The van der Waals surface area contributed by atoms with E-state index in [1.165, 1.54) is 30.2 Å². The minimum Gasteiger partial charge on any atom is -0.367 e. The molecule has 2 aromatic heterocycles. The quantitative estimate of drug-likeness (QED) is 0.790. The predicted octanol–water partition coefficient (Wildman–Crippen LogP) is 1.85. The van der Waals surface area contributed by atoms with Crippen molar-refractivity contribution in [3.63, 3.8) is 0 Å². The Bertz CT molecular complexity index is 633. The van der Waals surface area contributed by atoms with Crippen molar-refractivity contribution in [2.24, 2.45) is 0 Å². The molecule has 0 radical (unpaired) electrons. The summed E-state index contributed by atoms with van der Waals surface area (Å²) in [4.78, 5) is 12.7. The largest absolute Gasteiger partial charge is 0.367 e. The number of pyridine rings is 1. The maximum Gasteiger partial charge on any atom is 0.214 e. The molecule has 5 heterocycles. The Hall–Kier alpha value is -1.76. The van der Waals surface area contributed by atoms with Crippen LogP contribution in [-0.4, -0.2) is 39.5 Å². The number of anilines is 2. The number of hydrogen-bond donors (Lipinski definition) is 0. The van der Waals surface area contributed by atoms with Crippen LogP contribution >= 0.6 is 11.5 Å². The Morgan fingerprint density at radius 3 is 2.80 bits per heavy atom. The molecule has 0 N–H and O–H groups in total. The molecule has 0 spiro atoms. The van der Waals surface area contributed by atoms with Gasteiger partial charge < -0.3 is 9.80 Å². The van der Waals surface area contributed by atoms with Crippen LogP contribution in [0.4, 0.5) is 15.2 Å². The fraction of sp³-hybridized carbons (Fsp3) is 0.462. The zero-order valence-electron chi connectivity index (χ0n) is 11.0. The monoisotopic (exact) mass is 291 g/mol. The van der Waals surface area contributed by atoms with Gasteiger partial charge in [0.15, 0.2) is 0 Å². The molecular formula is C13H14FN5S. The second-order valence-electron chi connectivity index (χ2n) is 5.32. The summed E-state index contributed by atoms with van der Waals surface area (Å²) in [6, 6.07) is 4.28. The van der Waals surface area contributed by atoms with E-state index in [0.717, 1.165) is 29.7 Å². The van der Waals surface area contributed by atoms with Crippen LogP contribution in [0.25, 0.3) is 0 Å². The minimum absolute atomic E-state index is 0.418. The lowest BCUT2D eigenvalue weighted by Gasteiger charge is -2.56. The molecule has 3 aliphatic rings. The van der Waals surface area contributed by atoms with Crippen molar-refractivity contribution in [2.45, 2.75) is 25.4 Å². The Balaban J connectivity index is 1.53. The molecular weight excluding hydrogens is 277 g/mol. The van der Waals surface area contributed by atoms with E-state index in [-0.39, 0.29) is 0 Å². The molecule has 2 atom stereocenters. The average molecular weight is 291 g/mol.